The number of nitrogens with one attached hydrogen (secondary N) is 2. The van der Waals surface area contributed by atoms with E-state index in [0.717, 1.165) is 0 Å². The number of ether oxygens (including phenoxy) is 1. The van der Waals surface area contributed by atoms with Gasteiger partial charge in [0.15, 0.2) is 5.76 Å². The van der Waals surface area contributed by atoms with Crippen LogP contribution < -0.4 is 14.8 Å². The predicted molar refractivity (Wildman–Crippen MR) is 107 cm³/mol. The van der Waals surface area contributed by atoms with Crippen LogP contribution in [0.2, 0.25) is 5.02 Å². The minimum absolute atomic E-state index is 0.126. The number of carbonyl (C=O) groups excluding carboxylic acids is 1. The first-order valence-electron chi connectivity index (χ1n) is 8.12. The highest BCUT2D eigenvalue weighted by atomic mass is 35.5. The van der Waals surface area contributed by atoms with Gasteiger partial charge in [-0.3, -0.25) is 9.52 Å². The fraction of sp³-hybridized carbons (Fsp3) is 0.105. The molecule has 1 heterocycles. The normalized spacial score (nSPS) is 11.1. The SMILES string of the molecule is COc1ccc(NC(=O)c2occc2C)cc1S(=O)(=O)Nc1ccc(Cl)cc1. The van der Waals surface area contributed by atoms with Crippen LogP contribution in [0.25, 0.3) is 0 Å². The van der Waals surface area contributed by atoms with Crippen molar-refractivity contribution < 1.29 is 22.4 Å². The zero-order valence-electron chi connectivity index (χ0n) is 15.0. The van der Waals surface area contributed by atoms with E-state index in [1.807, 2.05) is 0 Å². The number of hydrogen-bond donors (Lipinski definition) is 2. The molecule has 3 rings (SSSR count). The van der Waals surface area contributed by atoms with Gasteiger partial charge in [0, 0.05) is 22.0 Å². The number of rotatable bonds is 6. The largest absolute Gasteiger partial charge is 0.495 e. The Labute approximate surface area is 167 Å². The van der Waals surface area contributed by atoms with E-state index in [0.29, 0.717) is 16.3 Å². The molecule has 28 heavy (non-hydrogen) atoms. The number of amides is 1. The average Bonchev–Trinajstić information content (AvgIpc) is 3.09. The van der Waals surface area contributed by atoms with Crippen LogP contribution in [0, 0.1) is 6.92 Å². The molecule has 0 fully saturated rings. The molecular formula is C19H17ClN2O5S. The molecule has 0 aliphatic heterocycles. The molecule has 0 aliphatic rings. The lowest BCUT2D eigenvalue weighted by Crippen LogP contribution is -2.16. The molecule has 7 nitrogen and oxygen atoms in total. The van der Waals surface area contributed by atoms with Gasteiger partial charge in [-0.05, 0) is 55.5 Å². The summed E-state index contributed by atoms with van der Waals surface area (Å²) in [5, 5.41) is 3.11. The molecule has 0 bridgehead atoms. The molecule has 1 amide bonds. The lowest BCUT2D eigenvalue weighted by molar-refractivity contribution is 0.0996. The number of benzene rings is 2. The van der Waals surface area contributed by atoms with E-state index in [9.17, 15) is 13.2 Å². The summed E-state index contributed by atoms with van der Waals surface area (Å²) < 4.78 is 38.4. The van der Waals surface area contributed by atoms with E-state index < -0.39 is 15.9 Å². The first-order valence-corrected chi connectivity index (χ1v) is 9.98. The van der Waals surface area contributed by atoms with Gasteiger partial charge in [-0.2, -0.15) is 0 Å². The van der Waals surface area contributed by atoms with Crippen molar-refractivity contribution in [3.8, 4) is 5.75 Å². The van der Waals surface area contributed by atoms with Gasteiger partial charge in [0.25, 0.3) is 15.9 Å². The van der Waals surface area contributed by atoms with Gasteiger partial charge in [-0.1, -0.05) is 11.6 Å². The van der Waals surface area contributed by atoms with Crippen molar-refractivity contribution >= 4 is 38.9 Å². The van der Waals surface area contributed by atoms with Crippen LogP contribution >= 0.6 is 11.6 Å². The Morgan fingerprint density at radius 3 is 2.36 bits per heavy atom. The molecule has 3 aromatic rings. The van der Waals surface area contributed by atoms with Crippen molar-refractivity contribution in [1.82, 2.24) is 0 Å². The third-order valence-electron chi connectivity index (χ3n) is 3.88. The Hall–Kier alpha value is -2.97. The number of furan rings is 1. The maximum absolute atomic E-state index is 12.8. The monoisotopic (exact) mass is 420 g/mol. The molecule has 146 valence electrons. The Morgan fingerprint density at radius 2 is 1.75 bits per heavy atom. The molecule has 1 aromatic heterocycles. The van der Waals surface area contributed by atoms with Crippen molar-refractivity contribution in [3.63, 3.8) is 0 Å². The Bertz CT molecular complexity index is 1110. The second-order valence-electron chi connectivity index (χ2n) is 5.86. The van der Waals surface area contributed by atoms with Crippen LogP contribution in [-0.4, -0.2) is 21.4 Å². The lowest BCUT2D eigenvalue weighted by Gasteiger charge is -2.13. The maximum Gasteiger partial charge on any atom is 0.291 e. The highest BCUT2D eigenvalue weighted by Gasteiger charge is 2.22. The van der Waals surface area contributed by atoms with Crippen LogP contribution in [-0.2, 0) is 10.0 Å². The van der Waals surface area contributed by atoms with Gasteiger partial charge in [0.2, 0.25) is 0 Å². The molecule has 0 spiro atoms. The van der Waals surface area contributed by atoms with E-state index in [-0.39, 0.29) is 22.1 Å². The smallest absolute Gasteiger partial charge is 0.291 e. The minimum Gasteiger partial charge on any atom is -0.495 e. The number of anilines is 2. The maximum atomic E-state index is 12.8. The highest BCUT2D eigenvalue weighted by Crippen LogP contribution is 2.29. The molecule has 0 atom stereocenters. The van der Waals surface area contributed by atoms with Crippen LogP contribution in [0.3, 0.4) is 0 Å². The van der Waals surface area contributed by atoms with E-state index >= 15 is 0 Å². The molecular weight excluding hydrogens is 404 g/mol. The predicted octanol–water partition coefficient (Wildman–Crippen LogP) is 4.30. The Balaban J connectivity index is 1.91. The Morgan fingerprint density at radius 1 is 1.07 bits per heavy atom. The second kappa shape index (κ2) is 7.95. The summed E-state index contributed by atoms with van der Waals surface area (Å²) in [7, 11) is -2.62. The molecule has 0 radical (unpaired) electrons. The fourth-order valence-electron chi connectivity index (χ4n) is 2.49. The van der Waals surface area contributed by atoms with Crippen molar-refractivity contribution in [2.24, 2.45) is 0 Å². The van der Waals surface area contributed by atoms with Crippen LogP contribution in [0.15, 0.2) is 64.1 Å². The fourth-order valence-corrected chi connectivity index (χ4v) is 3.87. The number of hydrogen-bond acceptors (Lipinski definition) is 5. The molecule has 9 heteroatoms. The standard InChI is InChI=1S/C19H17ClN2O5S/c1-12-9-10-27-18(12)19(23)21-15-7-8-16(26-2)17(11-15)28(24,25)22-14-5-3-13(20)4-6-14/h3-11,22H,1-2H3,(H,21,23). The Kier molecular flexibility index (Phi) is 5.62. The molecule has 0 aliphatic carbocycles. The van der Waals surface area contributed by atoms with Gasteiger partial charge in [0.1, 0.15) is 10.6 Å². The van der Waals surface area contributed by atoms with Crippen LogP contribution in [0.4, 0.5) is 11.4 Å². The van der Waals surface area contributed by atoms with Gasteiger partial charge < -0.3 is 14.5 Å². The molecule has 2 aromatic carbocycles. The third-order valence-corrected chi connectivity index (χ3v) is 5.53. The summed E-state index contributed by atoms with van der Waals surface area (Å²) in [6, 6.07) is 12.2. The van der Waals surface area contributed by atoms with Crippen molar-refractivity contribution in [2.75, 3.05) is 17.1 Å². The number of aryl methyl sites for hydroxylation is 1. The number of carbonyl (C=O) groups is 1. The number of methoxy groups -OCH3 is 1. The summed E-state index contributed by atoms with van der Waals surface area (Å²) >= 11 is 5.83. The summed E-state index contributed by atoms with van der Waals surface area (Å²) in [4.78, 5) is 12.2. The first-order chi connectivity index (χ1) is 13.3. The molecule has 0 saturated carbocycles. The first kappa shape index (κ1) is 19.8. The number of halogens is 1. The van der Waals surface area contributed by atoms with Gasteiger partial charge in [-0.15, -0.1) is 0 Å². The highest BCUT2D eigenvalue weighted by molar-refractivity contribution is 7.92. The minimum atomic E-state index is -3.98. The second-order valence-corrected chi connectivity index (χ2v) is 7.95. The zero-order valence-corrected chi connectivity index (χ0v) is 16.6. The lowest BCUT2D eigenvalue weighted by atomic mass is 10.2. The van der Waals surface area contributed by atoms with Crippen LogP contribution in [0.1, 0.15) is 16.1 Å². The topological polar surface area (TPSA) is 97.6 Å². The van der Waals surface area contributed by atoms with Crippen LogP contribution in [0.5, 0.6) is 5.75 Å². The quantitative estimate of drug-likeness (QED) is 0.619. The van der Waals surface area contributed by atoms with Crippen molar-refractivity contribution in [1.29, 1.82) is 0 Å². The average molecular weight is 421 g/mol. The van der Waals surface area contributed by atoms with E-state index in [2.05, 4.69) is 10.0 Å². The van der Waals surface area contributed by atoms with Gasteiger partial charge in [-0.25, -0.2) is 8.42 Å². The summed E-state index contributed by atoms with van der Waals surface area (Å²) in [6.07, 6.45) is 1.41. The zero-order chi connectivity index (χ0) is 20.3. The van der Waals surface area contributed by atoms with Crippen molar-refractivity contribution in [3.05, 3.63) is 71.1 Å². The van der Waals surface area contributed by atoms with Crippen molar-refractivity contribution in [2.45, 2.75) is 11.8 Å². The van der Waals surface area contributed by atoms with E-state index in [4.69, 9.17) is 20.8 Å². The van der Waals surface area contributed by atoms with Gasteiger partial charge in [0.05, 0.1) is 13.4 Å². The van der Waals surface area contributed by atoms with Gasteiger partial charge >= 0.3 is 0 Å². The molecule has 0 saturated heterocycles. The van der Waals surface area contributed by atoms with E-state index in [1.54, 1.807) is 25.1 Å². The third kappa shape index (κ3) is 4.29. The molecule has 0 unspecified atom stereocenters. The number of sulfonamides is 1. The molecule has 2 N–H and O–H groups in total. The summed E-state index contributed by atoms with van der Waals surface area (Å²) in [5.41, 5.74) is 1.29. The summed E-state index contributed by atoms with van der Waals surface area (Å²) in [6.45, 7) is 1.73. The van der Waals surface area contributed by atoms with E-state index in [1.165, 1.54) is 43.7 Å². The summed E-state index contributed by atoms with van der Waals surface area (Å²) in [5.74, 6) is -0.199.